The van der Waals surface area contributed by atoms with Gasteiger partial charge in [-0.15, -0.1) is 0 Å². The van der Waals surface area contributed by atoms with Gasteiger partial charge in [0, 0.05) is 18.3 Å². The molecule has 21 heavy (non-hydrogen) atoms. The number of ether oxygens (including phenoxy) is 2. The molecule has 1 heterocycles. The second-order valence-corrected chi connectivity index (χ2v) is 4.57. The second-order valence-electron chi connectivity index (χ2n) is 4.57. The third-order valence-corrected chi connectivity index (χ3v) is 3.02. The molecule has 1 aromatic carbocycles. The molecule has 0 aliphatic rings. The van der Waals surface area contributed by atoms with Crippen LogP contribution in [0.25, 0.3) is 0 Å². The molecule has 4 heteroatoms. The van der Waals surface area contributed by atoms with Gasteiger partial charge >= 0.3 is 0 Å². The zero-order chi connectivity index (χ0) is 14.9. The molecule has 0 aliphatic carbocycles. The van der Waals surface area contributed by atoms with Gasteiger partial charge in [0.1, 0.15) is 6.61 Å². The molecule has 0 unspecified atom stereocenters. The molecule has 0 fully saturated rings. The lowest BCUT2D eigenvalue weighted by atomic mass is 10.2. The minimum absolute atomic E-state index is 0.435. The van der Waals surface area contributed by atoms with Crippen LogP contribution in [0, 0.1) is 0 Å². The highest BCUT2D eigenvalue weighted by molar-refractivity contribution is 5.46. The number of benzene rings is 1. The first-order valence-electron chi connectivity index (χ1n) is 7.33. The maximum Gasteiger partial charge on any atom is 0.166 e. The topological polar surface area (TPSA) is 43.4 Å². The van der Waals surface area contributed by atoms with Crippen LogP contribution in [-0.4, -0.2) is 18.1 Å². The van der Waals surface area contributed by atoms with E-state index in [1.165, 1.54) is 0 Å². The monoisotopic (exact) mass is 286 g/mol. The average Bonchev–Trinajstić information content (AvgIpc) is 2.53. The van der Waals surface area contributed by atoms with Crippen LogP contribution in [0.5, 0.6) is 11.5 Å². The smallest absolute Gasteiger partial charge is 0.166 e. The highest BCUT2D eigenvalue weighted by Crippen LogP contribution is 2.32. The van der Waals surface area contributed by atoms with Gasteiger partial charge in [0.05, 0.1) is 12.3 Å². The summed E-state index contributed by atoms with van der Waals surface area (Å²) >= 11 is 0. The molecule has 2 rings (SSSR count). The largest absolute Gasteiger partial charge is 0.490 e. The number of nitrogens with zero attached hydrogens (tertiary/aromatic N) is 1. The summed E-state index contributed by atoms with van der Waals surface area (Å²) in [6.45, 7) is 6.78. The number of nitrogens with one attached hydrogen (secondary N) is 1. The van der Waals surface area contributed by atoms with Crippen molar-refractivity contribution in [3.63, 3.8) is 0 Å². The normalized spacial score (nSPS) is 10.4. The molecule has 0 saturated heterocycles. The summed E-state index contributed by atoms with van der Waals surface area (Å²) in [5.74, 6) is 1.58. The summed E-state index contributed by atoms with van der Waals surface area (Å²) in [6.07, 6.45) is 1.77. The van der Waals surface area contributed by atoms with Gasteiger partial charge in [0.2, 0.25) is 0 Å². The van der Waals surface area contributed by atoms with E-state index in [1.54, 1.807) is 6.20 Å². The first-order valence-corrected chi connectivity index (χ1v) is 7.33. The number of pyridine rings is 1. The van der Waals surface area contributed by atoms with Crippen molar-refractivity contribution in [1.82, 2.24) is 10.3 Å². The Morgan fingerprint density at radius 3 is 2.67 bits per heavy atom. The standard InChI is InChI=1S/C17H22N2O2/c1-3-18-12-14-8-7-10-16(20-4-2)17(14)21-13-15-9-5-6-11-19-15/h5-11,18H,3-4,12-13H2,1-2H3. The first-order chi connectivity index (χ1) is 10.3. The molecular weight excluding hydrogens is 264 g/mol. The summed E-state index contributed by atoms with van der Waals surface area (Å²) in [7, 11) is 0. The van der Waals surface area contributed by atoms with E-state index in [-0.39, 0.29) is 0 Å². The molecule has 4 nitrogen and oxygen atoms in total. The van der Waals surface area contributed by atoms with Gasteiger partial charge in [0.25, 0.3) is 0 Å². The first kappa shape index (κ1) is 15.3. The lowest BCUT2D eigenvalue weighted by Gasteiger charge is -2.16. The van der Waals surface area contributed by atoms with Crippen LogP contribution in [0.1, 0.15) is 25.1 Å². The highest BCUT2D eigenvalue weighted by atomic mass is 16.5. The van der Waals surface area contributed by atoms with Crippen molar-refractivity contribution in [2.45, 2.75) is 27.0 Å². The molecule has 0 aliphatic heterocycles. The van der Waals surface area contributed by atoms with E-state index in [0.717, 1.165) is 35.8 Å². The Balaban J connectivity index is 2.17. The molecule has 0 amide bonds. The Hall–Kier alpha value is -2.07. The zero-order valence-corrected chi connectivity index (χ0v) is 12.6. The van der Waals surface area contributed by atoms with Crippen LogP contribution in [-0.2, 0) is 13.2 Å². The fraction of sp³-hybridized carbons (Fsp3) is 0.353. The summed E-state index contributed by atoms with van der Waals surface area (Å²) in [6, 6.07) is 11.8. The number of para-hydroxylation sites is 1. The number of hydrogen-bond donors (Lipinski definition) is 1. The summed E-state index contributed by atoms with van der Waals surface area (Å²) in [5, 5.41) is 3.32. The van der Waals surface area contributed by atoms with Crippen LogP contribution >= 0.6 is 0 Å². The molecule has 1 aromatic heterocycles. The quantitative estimate of drug-likeness (QED) is 0.809. The van der Waals surface area contributed by atoms with Gasteiger partial charge in [-0.05, 0) is 31.7 Å². The van der Waals surface area contributed by atoms with Gasteiger partial charge in [-0.1, -0.05) is 25.1 Å². The predicted octanol–water partition coefficient (Wildman–Crippen LogP) is 3.17. The molecule has 1 N–H and O–H groups in total. The third-order valence-electron chi connectivity index (χ3n) is 3.02. The zero-order valence-electron chi connectivity index (χ0n) is 12.6. The Kier molecular flexibility index (Phi) is 6.03. The van der Waals surface area contributed by atoms with Crippen LogP contribution < -0.4 is 14.8 Å². The Morgan fingerprint density at radius 2 is 1.95 bits per heavy atom. The number of hydrogen-bond acceptors (Lipinski definition) is 4. The van der Waals surface area contributed by atoms with Crippen LogP contribution in [0.2, 0.25) is 0 Å². The molecule has 0 bridgehead atoms. The van der Waals surface area contributed by atoms with Gasteiger partial charge in [-0.3, -0.25) is 4.98 Å². The van der Waals surface area contributed by atoms with Crippen molar-refractivity contribution in [2.75, 3.05) is 13.2 Å². The predicted molar refractivity (Wildman–Crippen MR) is 83.6 cm³/mol. The van der Waals surface area contributed by atoms with E-state index in [1.807, 2.05) is 37.3 Å². The van der Waals surface area contributed by atoms with Crippen molar-refractivity contribution in [1.29, 1.82) is 0 Å². The second kappa shape index (κ2) is 8.27. The van der Waals surface area contributed by atoms with Crippen molar-refractivity contribution in [2.24, 2.45) is 0 Å². The molecule has 0 radical (unpaired) electrons. The average molecular weight is 286 g/mol. The van der Waals surface area contributed by atoms with Crippen molar-refractivity contribution < 1.29 is 9.47 Å². The molecule has 2 aromatic rings. The third kappa shape index (κ3) is 4.46. The van der Waals surface area contributed by atoms with Gasteiger partial charge < -0.3 is 14.8 Å². The maximum absolute atomic E-state index is 5.98. The van der Waals surface area contributed by atoms with E-state index >= 15 is 0 Å². The molecule has 0 atom stereocenters. The van der Waals surface area contributed by atoms with E-state index in [2.05, 4.69) is 23.3 Å². The minimum Gasteiger partial charge on any atom is -0.490 e. The summed E-state index contributed by atoms with van der Waals surface area (Å²) < 4.78 is 11.6. The van der Waals surface area contributed by atoms with Crippen molar-refractivity contribution >= 4 is 0 Å². The molecule has 112 valence electrons. The Bertz CT molecular complexity index is 544. The Labute approximate surface area is 126 Å². The molecular formula is C17H22N2O2. The fourth-order valence-corrected chi connectivity index (χ4v) is 2.02. The lowest BCUT2D eigenvalue weighted by Crippen LogP contribution is -2.13. The highest BCUT2D eigenvalue weighted by Gasteiger charge is 2.11. The molecule has 0 saturated carbocycles. The van der Waals surface area contributed by atoms with E-state index in [4.69, 9.17) is 9.47 Å². The van der Waals surface area contributed by atoms with Crippen LogP contribution in [0.4, 0.5) is 0 Å². The number of aromatic nitrogens is 1. The number of rotatable bonds is 8. The summed E-state index contributed by atoms with van der Waals surface area (Å²) in [5.41, 5.74) is 2.00. The van der Waals surface area contributed by atoms with Crippen LogP contribution in [0.15, 0.2) is 42.6 Å². The van der Waals surface area contributed by atoms with Gasteiger partial charge in [-0.25, -0.2) is 0 Å². The van der Waals surface area contributed by atoms with E-state index < -0.39 is 0 Å². The Morgan fingerprint density at radius 1 is 1.05 bits per heavy atom. The molecule has 0 spiro atoms. The van der Waals surface area contributed by atoms with Crippen molar-refractivity contribution in [3.8, 4) is 11.5 Å². The van der Waals surface area contributed by atoms with Crippen molar-refractivity contribution in [3.05, 3.63) is 53.9 Å². The lowest BCUT2D eigenvalue weighted by molar-refractivity contribution is 0.263. The minimum atomic E-state index is 0.435. The van der Waals surface area contributed by atoms with Gasteiger partial charge in [-0.2, -0.15) is 0 Å². The van der Waals surface area contributed by atoms with Crippen LogP contribution in [0.3, 0.4) is 0 Å². The van der Waals surface area contributed by atoms with E-state index in [9.17, 15) is 0 Å². The summed E-state index contributed by atoms with van der Waals surface area (Å²) in [4.78, 5) is 4.28. The van der Waals surface area contributed by atoms with Gasteiger partial charge in [0.15, 0.2) is 11.5 Å². The van der Waals surface area contributed by atoms with E-state index in [0.29, 0.717) is 13.2 Å². The fourth-order valence-electron chi connectivity index (χ4n) is 2.02. The SMILES string of the molecule is CCNCc1cccc(OCC)c1OCc1ccccn1. The maximum atomic E-state index is 5.98.